The number of amides is 2. The van der Waals surface area contributed by atoms with Crippen LogP contribution in [0.2, 0.25) is 0 Å². The quantitative estimate of drug-likeness (QED) is 0.739. The molecule has 2 heterocycles. The number of nitrogens with zero attached hydrogens (tertiary/aromatic N) is 2. The van der Waals surface area contributed by atoms with Gasteiger partial charge in [-0.05, 0) is 43.9 Å². The van der Waals surface area contributed by atoms with Crippen LogP contribution < -0.4 is 10.7 Å². The molecule has 0 saturated heterocycles. The van der Waals surface area contributed by atoms with Crippen LogP contribution in [0.1, 0.15) is 45.9 Å². The summed E-state index contributed by atoms with van der Waals surface area (Å²) in [5.41, 5.74) is 7.36. The number of H-pyrrole nitrogens is 1. The Morgan fingerprint density at radius 2 is 2.00 bits per heavy atom. The molecule has 7 nitrogen and oxygen atoms in total. The molecule has 2 amide bonds. The summed E-state index contributed by atoms with van der Waals surface area (Å²) in [6.45, 7) is 4.30. The molecule has 1 aromatic heterocycles. The van der Waals surface area contributed by atoms with Crippen molar-refractivity contribution in [3.63, 3.8) is 0 Å². The minimum Gasteiger partial charge on any atom is -0.289 e. The maximum atomic E-state index is 12.6. The topological polar surface area (TPSA) is 90.1 Å². The van der Waals surface area contributed by atoms with E-state index in [1.165, 1.54) is 5.01 Å². The number of Topliss-reactive ketones (excluding diaryl/α,β-unsaturated/α-hetero) is 1. The average Bonchev–Trinajstić information content (AvgIpc) is 3.17. The molecule has 2 aliphatic rings. The van der Waals surface area contributed by atoms with Gasteiger partial charge in [-0.3, -0.25) is 15.2 Å². The lowest BCUT2D eigenvalue weighted by molar-refractivity contribution is 0.103. The first-order chi connectivity index (χ1) is 12.5. The van der Waals surface area contributed by atoms with E-state index in [0.717, 1.165) is 29.7 Å². The molecule has 7 heteroatoms. The zero-order chi connectivity index (χ0) is 18.3. The lowest BCUT2D eigenvalue weighted by Crippen LogP contribution is -2.38. The van der Waals surface area contributed by atoms with E-state index in [-0.39, 0.29) is 11.8 Å². The van der Waals surface area contributed by atoms with Gasteiger partial charge in [0.2, 0.25) is 0 Å². The minimum absolute atomic E-state index is 0.0771. The summed E-state index contributed by atoms with van der Waals surface area (Å²) in [4.78, 5) is 25.0. The SMILES string of the molecule is Cc1ccc(C(=O)C2=CN(C(=O)Nc3cc(C4CC4)[nH]n3)NC2)cc1C. The molecule has 1 aromatic carbocycles. The van der Waals surface area contributed by atoms with Gasteiger partial charge in [0.25, 0.3) is 0 Å². The summed E-state index contributed by atoms with van der Waals surface area (Å²) < 4.78 is 0. The van der Waals surface area contributed by atoms with Gasteiger partial charge in [0.15, 0.2) is 11.6 Å². The predicted octanol–water partition coefficient (Wildman–Crippen LogP) is 3.02. The van der Waals surface area contributed by atoms with Gasteiger partial charge in [0, 0.05) is 41.6 Å². The molecule has 1 aliphatic heterocycles. The normalized spacial score (nSPS) is 16.5. The largest absolute Gasteiger partial charge is 0.341 e. The van der Waals surface area contributed by atoms with Crippen LogP contribution in [-0.4, -0.2) is 33.6 Å². The number of hydrogen-bond donors (Lipinski definition) is 3. The molecule has 0 unspecified atom stereocenters. The molecule has 1 saturated carbocycles. The van der Waals surface area contributed by atoms with Crippen molar-refractivity contribution in [1.29, 1.82) is 0 Å². The highest BCUT2D eigenvalue weighted by atomic mass is 16.2. The predicted molar refractivity (Wildman–Crippen MR) is 97.8 cm³/mol. The third kappa shape index (κ3) is 3.25. The third-order valence-electron chi connectivity index (χ3n) is 4.85. The first-order valence-electron chi connectivity index (χ1n) is 8.73. The van der Waals surface area contributed by atoms with E-state index in [1.54, 1.807) is 6.20 Å². The molecule has 4 rings (SSSR count). The summed E-state index contributed by atoms with van der Waals surface area (Å²) in [5, 5.41) is 11.1. The number of urea groups is 1. The maximum absolute atomic E-state index is 12.6. The highest BCUT2D eigenvalue weighted by Crippen LogP contribution is 2.39. The molecule has 1 fully saturated rings. The van der Waals surface area contributed by atoms with Gasteiger partial charge in [-0.25, -0.2) is 15.2 Å². The smallest absolute Gasteiger partial charge is 0.289 e. The van der Waals surface area contributed by atoms with Crippen molar-refractivity contribution >= 4 is 17.6 Å². The Kier molecular flexibility index (Phi) is 4.08. The number of nitrogens with one attached hydrogen (secondary N) is 3. The summed E-state index contributed by atoms with van der Waals surface area (Å²) in [7, 11) is 0. The molecule has 0 spiro atoms. The number of aryl methyl sites for hydroxylation is 2. The van der Waals surface area contributed by atoms with Crippen LogP contribution in [0, 0.1) is 13.8 Å². The van der Waals surface area contributed by atoms with Crippen molar-refractivity contribution in [2.24, 2.45) is 0 Å². The van der Waals surface area contributed by atoms with E-state index in [1.807, 2.05) is 38.1 Å². The first kappa shape index (κ1) is 16.5. The molecule has 3 N–H and O–H groups in total. The van der Waals surface area contributed by atoms with Crippen molar-refractivity contribution < 1.29 is 9.59 Å². The molecule has 0 radical (unpaired) electrons. The first-order valence-corrected chi connectivity index (χ1v) is 8.73. The van der Waals surface area contributed by atoms with Gasteiger partial charge >= 0.3 is 6.03 Å². The van der Waals surface area contributed by atoms with Crippen LogP contribution in [0.15, 0.2) is 36.0 Å². The van der Waals surface area contributed by atoms with E-state index in [4.69, 9.17) is 0 Å². The van der Waals surface area contributed by atoms with Crippen LogP contribution in [-0.2, 0) is 0 Å². The number of carbonyl (C=O) groups is 2. The van der Waals surface area contributed by atoms with Crippen molar-refractivity contribution in [3.8, 4) is 0 Å². The standard InChI is InChI=1S/C19H21N5O2/c1-11-3-4-14(7-12(11)2)18(25)15-9-20-24(10-15)19(26)21-17-8-16(22-23-17)13-5-6-13/h3-4,7-8,10,13,20H,5-6,9H2,1-2H3,(H2,21,22,23,26). The van der Waals surface area contributed by atoms with Crippen LogP contribution >= 0.6 is 0 Å². The van der Waals surface area contributed by atoms with Crippen LogP contribution in [0.5, 0.6) is 0 Å². The molecule has 2 aromatic rings. The monoisotopic (exact) mass is 351 g/mol. The number of anilines is 1. The minimum atomic E-state index is -0.373. The Labute approximate surface area is 151 Å². The fraction of sp³-hybridized carbons (Fsp3) is 0.316. The Morgan fingerprint density at radius 1 is 1.19 bits per heavy atom. The van der Waals surface area contributed by atoms with Gasteiger partial charge in [-0.2, -0.15) is 5.10 Å². The van der Waals surface area contributed by atoms with Crippen LogP contribution in [0.4, 0.5) is 10.6 Å². The molecular weight excluding hydrogens is 330 g/mol. The van der Waals surface area contributed by atoms with E-state index in [0.29, 0.717) is 29.4 Å². The van der Waals surface area contributed by atoms with Crippen molar-refractivity contribution in [3.05, 3.63) is 58.4 Å². The second kappa shape index (κ2) is 6.42. The molecule has 1 aliphatic carbocycles. The number of aromatic amines is 1. The number of aromatic nitrogens is 2. The van der Waals surface area contributed by atoms with Crippen LogP contribution in [0.25, 0.3) is 0 Å². The van der Waals surface area contributed by atoms with Gasteiger partial charge in [0.05, 0.1) is 0 Å². The van der Waals surface area contributed by atoms with Gasteiger partial charge in [-0.1, -0.05) is 12.1 Å². The summed E-state index contributed by atoms with van der Waals surface area (Å²) in [6, 6.07) is 7.12. The Hall–Kier alpha value is -2.93. The second-order valence-corrected chi connectivity index (χ2v) is 6.90. The molecular formula is C19H21N5O2. The number of benzene rings is 1. The molecule has 0 atom stereocenters. The van der Waals surface area contributed by atoms with E-state index in [9.17, 15) is 9.59 Å². The zero-order valence-electron chi connectivity index (χ0n) is 14.8. The number of hydrogen-bond acceptors (Lipinski definition) is 4. The Bertz CT molecular complexity index is 910. The fourth-order valence-electron chi connectivity index (χ4n) is 2.93. The van der Waals surface area contributed by atoms with Crippen molar-refractivity contribution in [1.82, 2.24) is 20.6 Å². The number of carbonyl (C=O) groups excluding carboxylic acids is 2. The highest BCUT2D eigenvalue weighted by Gasteiger charge is 2.27. The zero-order valence-corrected chi connectivity index (χ0v) is 14.8. The summed E-state index contributed by atoms with van der Waals surface area (Å²) >= 11 is 0. The lowest BCUT2D eigenvalue weighted by atomic mass is 10.00. The van der Waals surface area contributed by atoms with Gasteiger partial charge in [0.1, 0.15) is 0 Å². The molecule has 26 heavy (non-hydrogen) atoms. The highest BCUT2D eigenvalue weighted by molar-refractivity contribution is 6.09. The maximum Gasteiger partial charge on any atom is 0.341 e. The molecule has 134 valence electrons. The van der Waals surface area contributed by atoms with Crippen molar-refractivity contribution in [2.45, 2.75) is 32.6 Å². The number of hydrazine groups is 1. The van der Waals surface area contributed by atoms with Gasteiger partial charge in [-0.15, -0.1) is 0 Å². The van der Waals surface area contributed by atoms with E-state index in [2.05, 4.69) is 20.9 Å². The number of rotatable bonds is 4. The number of ketones is 1. The Balaban J connectivity index is 1.43. The second-order valence-electron chi connectivity index (χ2n) is 6.90. The van der Waals surface area contributed by atoms with Crippen molar-refractivity contribution in [2.75, 3.05) is 11.9 Å². The molecule has 0 bridgehead atoms. The third-order valence-corrected chi connectivity index (χ3v) is 4.85. The van der Waals surface area contributed by atoms with E-state index >= 15 is 0 Å². The summed E-state index contributed by atoms with van der Waals surface area (Å²) in [6.07, 6.45) is 3.87. The Morgan fingerprint density at radius 3 is 2.73 bits per heavy atom. The summed E-state index contributed by atoms with van der Waals surface area (Å²) in [5.74, 6) is 0.952. The lowest BCUT2D eigenvalue weighted by Gasteiger charge is -2.12. The average molecular weight is 351 g/mol. The van der Waals surface area contributed by atoms with E-state index < -0.39 is 0 Å². The van der Waals surface area contributed by atoms with Crippen LogP contribution in [0.3, 0.4) is 0 Å². The fourth-order valence-corrected chi connectivity index (χ4v) is 2.93. The van der Waals surface area contributed by atoms with Gasteiger partial charge < -0.3 is 0 Å².